The summed E-state index contributed by atoms with van der Waals surface area (Å²) in [6.45, 7) is 3.88. The molecule has 0 aliphatic carbocycles. The zero-order valence-electron chi connectivity index (χ0n) is 21.7. The van der Waals surface area contributed by atoms with Crippen molar-refractivity contribution in [3.63, 3.8) is 0 Å². The number of nitrogens with one attached hydrogen (secondary N) is 1. The number of β-lactam (4-membered cyclic amide) rings is 1. The second-order valence-corrected chi connectivity index (χ2v) is 9.38. The number of benzene rings is 4. The molecule has 2 unspecified atom stereocenters. The number of rotatable bonds is 9. The summed E-state index contributed by atoms with van der Waals surface area (Å²) in [6, 6.07) is 39.0. The van der Waals surface area contributed by atoms with Crippen LogP contribution in [-0.4, -0.2) is 36.0 Å². The van der Waals surface area contributed by atoms with Gasteiger partial charge in [0.05, 0.1) is 18.7 Å². The number of ether oxygens (including phenoxy) is 1. The molecule has 0 saturated carbocycles. The molecular weight excluding hydrogens is 484 g/mol. The van der Waals surface area contributed by atoms with Gasteiger partial charge in [-0.25, -0.2) is 4.79 Å². The summed E-state index contributed by atoms with van der Waals surface area (Å²) < 4.78 is 4.90. The minimum Gasteiger partial charge on any atom is -0.464 e. The predicted octanol–water partition coefficient (Wildman–Crippen LogP) is 5.55. The molecule has 1 N–H and O–H groups in total. The minimum absolute atomic E-state index is 0.00740. The van der Waals surface area contributed by atoms with Crippen LogP contribution in [0.25, 0.3) is 6.08 Å². The van der Waals surface area contributed by atoms with Crippen LogP contribution in [0.2, 0.25) is 0 Å². The molecule has 5 rings (SSSR count). The number of amides is 1. The van der Waals surface area contributed by atoms with Crippen LogP contribution in [0, 0.1) is 0 Å². The molecule has 194 valence electrons. The van der Waals surface area contributed by atoms with Crippen LogP contribution >= 0.6 is 0 Å². The third kappa shape index (κ3) is 4.92. The van der Waals surface area contributed by atoms with Crippen molar-refractivity contribution in [2.45, 2.75) is 17.6 Å². The average Bonchev–Trinajstić information content (AvgIpc) is 3.01. The van der Waals surface area contributed by atoms with Crippen LogP contribution in [0.5, 0.6) is 0 Å². The van der Waals surface area contributed by atoms with Crippen LogP contribution in [0.15, 0.2) is 140 Å². The predicted molar refractivity (Wildman–Crippen MR) is 153 cm³/mol. The third-order valence-corrected chi connectivity index (χ3v) is 7.13. The summed E-state index contributed by atoms with van der Waals surface area (Å²) in [7, 11) is 1.29. The largest absolute Gasteiger partial charge is 0.464 e. The second kappa shape index (κ2) is 11.3. The van der Waals surface area contributed by atoms with E-state index >= 15 is 0 Å². The topological polar surface area (TPSA) is 58.6 Å². The zero-order chi connectivity index (χ0) is 27.2. The Kier molecular flexibility index (Phi) is 7.53. The molecule has 1 aliphatic heterocycles. The molecule has 2 atom stereocenters. The van der Waals surface area contributed by atoms with Gasteiger partial charge in [-0.1, -0.05) is 140 Å². The second-order valence-electron chi connectivity index (χ2n) is 9.38. The Morgan fingerprint density at radius 2 is 1.23 bits per heavy atom. The van der Waals surface area contributed by atoms with Gasteiger partial charge in [-0.05, 0) is 22.3 Å². The Morgan fingerprint density at radius 3 is 1.67 bits per heavy atom. The lowest BCUT2D eigenvalue weighted by Crippen LogP contribution is -2.72. The van der Waals surface area contributed by atoms with E-state index in [-0.39, 0.29) is 11.6 Å². The van der Waals surface area contributed by atoms with E-state index in [1.54, 1.807) is 0 Å². The third-order valence-electron chi connectivity index (χ3n) is 7.13. The van der Waals surface area contributed by atoms with Gasteiger partial charge in [-0.15, -0.1) is 0 Å². The number of hydrogen-bond acceptors (Lipinski definition) is 4. The van der Waals surface area contributed by atoms with Gasteiger partial charge in [0.15, 0.2) is 0 Å². The van der Waals surface area contributed by atoms with E-state index < -0.39 is 23.6 Å². The Bertz CT molecular complexity index is 1370. The van der Waals surface area contributed by atoms with Crippen molar-refractivity contribution in [1.29, 1.82) is 0 Å². The highest BCUT2D eigenvalue weighted by Gasteiger charge is 2.52. The first kappa shape index (κ1) is 25.9. The van der Waals surface area contributed by atoms with Gasteiger partial charge in [0.2, 0.25) is 5.91 Å². The van der Waals surface area contributed by atoms with Gasteiger partial charge in [0.25, 0.3) is 0 Å². The number of methoxy groups -OCH3 is 1. The van der Waals surface area contributed by atoms with Gasteiger partial charge >= 0.3 is 5.97 Å². The van der Waals surface area contributed by atoms with Crippen molar-refractivity contribution in [3.8, 4) is 0 Å². The fourth-order valence-electron chi connectivity index (χ4n) is 5.20. The van der Waals surface area contributed by atoms with Gasteiger partial charge < -0.3 is 4.74 Å². The standard InChI is InChI=1S/C34H30N2O3/c1-25(33(38)39-2)36-30(24-23-26-15-7-3-8-16-26)31(32(36)37)35-34(27-17-9-4-10-18-27,28-19-11-5-12-20-28)29-21-13-6-14-22-29/h3-24,30-31,35H,1H2,2H3. The first-order valence-electron chi connectivity index (χ1n) is 12.8. The maximum Gasteiger partial charge on any atom is 0.354 e. The molecule has 0 aromatic heterocycles. The maximum absolute atomic E-state index is 13.8. The zero-order valence-corrected chi connectivity index (χ0v) is 21.7. The Balaban J connectivity index is 1.64. The van der Waals surface area contributed by atoms with E-state index in [4.69, 9.17) is 4.74 Å². The monoisotopic (exact) mass is 514 g/mol. The van der Waals surface area contributed by atoms with E-state index in [1.165, 1.54) is 12.0 Å². The Labute approximate surface area is 229 Å². The molecule has 4 aromatic carbocycles. The quantitative estimate of drug-likeness (QED) is 0.138. The molecule has 1 aliphatic rings. The van der Waals surface area contributed by atoms with Crippen LogP contribution < -0.4 is 5.32 Å². The van der Waals surface area contributed by atoms with Crippen molar-refractivity contribution in [3.05, 3.63) is 162 Å². The van der Waals surface area contributed by atoms with Crippen LogP contribution in [0.3, 0.4) is 0 Å². The summed E-state index contributed by atoms with van der Waals surface area (Å²) >= 11 is 0. The lowest BCUT2D eigenvalue weighted by molar-refractivity contribution is -0.152. The van der Waals surface area contributed by atoms with E-state index in [2.05, 4.69) is 48.3 Å². The first-order chi connectivity index (χ1) is 19.1. The first-order valence-corrected chi connectivity index (χ1v) is 12.8. The normalized spacial score (nSPS) is 17.1. The van der Waals surface area contributed by atoms with E-state index in [0.29, 0.717) is 0 Å². The molecule has 1 saturated heterocycles. The molecule has 0 radical (unpaired) electrons. The van der Waals surface area contributed by atoms with Crippen molar-refractivity contribution in [2.75, 3.05) is 7.11 Å². The van der Waals surface area contributed by atoms with Crippen molar-refractivity contribution in [2.24, 2.45) is 0 Å². The fourth-order valence-corrected chi connectivity index (χ4v) is 5.20. The molecule has 4 aromatic rings. The number of nitrogens with zero attached hydrogens (tertiary/aromatic N) is 1. The van der Waals surface area contributed by atoms with Gasteiger partial charge in [-0.3, -0.25) is 15.0 Å². The lowest BCUT2D eigenvalue weighted by atomic mass is 9.75. The van der Waals surface area contributed by atoms with Crippen molar-refractivity contribution >= 4 is 18.0 Å². The molecular formula is C34H30N2O3. The summed E-state index contributed by atoms with van der Waals surface area (Å²) in [5.41, 5.74) is 3.12. The van der Waals surface area contributed by atoms with Crippen LogP contribution in [0.4, 0.5) is 0 Å². The fraction of sp³-hybridized carbons (Fsp3) is 0.118. The van der Waals surface area contributed by atoms with Crippen molar-refractivity contribution < 1.29 is 14.3 Å². The average molecular weight is 515 g/mol. The SMILES string of the molecule is C=C(C(=O)OC)N1C(=O)C(NC(c2ccccc2)(c2ccccc2)c2ccccc2)C1C=Cc1ccccc1. The Morgan fingerprint density at radius 1 is 0.795 bits per heavy atom. The van der Waals surface area contributed by atoms with E-state index in [1.807, 2.05) is 97.1 Å². The molecule has 1 heterocycles. The Hall–Kier alpha value is -4.74. The van der Waals surface area contributed by atoms with E-state index in [0.717, 1.165) is 22.3 Å². The highest BCUT2D eigenvalue weighted by Crippen LogP contribution is 2.40. The summed E-state index contributed by atoms with van der Waals surface area (Å²) in [6.07, 6.45) is 3.90. The van der Waals surface area contributed by atoms with Gasteiger partial charge in [-0.2, -0.15) is 0 Å². The van der Waals surface area contributed by atoms with Gasteiger partial charge in [0, 0.05) is 0 Å². The molecule has 0 spiro atoms. The summed E-state index contributed by atoms with van der Waals surface area (Å²) in [4.78, 5) is 27.6. The summed E-state index contributed by atoms with van der Waals surface area (Å²) in [5.74, 6) is -0.888. The number of carbonyl (C=O) groups excluding carboxylic acids is 2. The molecule has 5 nitrogen and oxygen atoms in total. The smallest absolute Gasteiger partial charge is 0.354 e. The minimum atomic E-state index is -0.846. The molecule has 39 heavy (non-hydrogen) atoms. The number of carbonyl (C=O) groups is 2. The molecule has 1 fully saturated rings. The maximum atomic E-state index is 13.8. The highest BCUT2D eigenvalue weighted by atomic mass is 16.5. The van der Waals surface area contributed by atoms with Crippen molar-refractivity contribution in [1.82, 2.24) is 10.2 Å². The van der Waals surface area contributed by atoms with Gasteiger partial charge in [0.1, 0.15) is 11.7 Å². The van der Waals surface area contributed by atoms with Crippen LogP contribution in [0.1, 0.15) is 22.3 Å². The number of esters is 1. The number of likely N-dealkylation sites (tertiary alicyclic amines) is 1. The number of hydrogen-bond donors (Lipinski definition) is 1. The van der Waals surface area contributed by atoms with Crippen LogP contribution in [-0.2, 0) is 19.9 Å². The molecule has 1 amide bonds. The molecule has 5 heteroatoms. The lowest BCUT2D eigenvalue weighted by Gasteiger charge is -2.50. The highest BCUT2D eigenvalue weighted by molar-refractivity contribution is 6.00. The van der Waals surface area contributed by atoms with E-state index in [9.17, 15) is 9.59 Å². The summed E-state index contributed by atoms with van der Waals surface area (Å²) in [5, 5.41) is 3.76. The molecule has 0 bridgehead atoms.